The number of hydrogen-bond donors (Lipinski definition) is 0. The number of nitrogens with zero attached hydrogens (tertiary/aromatic N) is 5. The summed E-state index contributed by atoms with van der Waals surface area (Å²) < 4.78 is 4.16. The number of carbonyl (C=O) groups excluding carboxylic acids is 1. The molecule has 1 aliphatic heterocycles. The topological polar surface area (TPSA) is 55.4 Å². The molecule has 0 aliphatic carbocycles. The molecule has 1 aliphatic rings. The zero-order chi connectivity index (χ0) is 16.5. The molecule has 1 amide bonds. The number of thioether (sulfide) groups is 1. The van der Waals surface area contributed by atoms with Gasteiger partial charge in [-0.25, -0.2) is 0 Å². The monoisotopic (exact) mass is 341 g/mol. The second-order valence-electron chi connectivity index (χ2n) is 5.84. The van der Waals surface area contributed by atoms with Gasteiger partial charge in [-0.1, -0.05) is 24.8 Å². The summed E-state index contributed by atoms with van der Waals surface area (Å²) in [6.07, 6.45) is 4.94. The molecule has 0 spiro atoms. The maximum Gasteiger partial charge on any atom is 0.233 e. The van der Waals surface area contributed by atoms with E-state index in [1.54, 1.807) is 0 Å². The molecule has 4 heterocycles. The van der Waals surface area contributed by atoms with Gasteiger partial charge in [-0.15, -0.1) is 10.2 Å². The molecule has 124 valence electrons. The highest BCUT2D eigenvalue weighted by Crippen LogP contribution is 2.29. The Kier molecular flexibility index (Phi) is 4.02. The fourth-order valence-electron chi connectivity index (χ4n) is 3.32. The Morgan fingerprint density at radius 2 is 2.12 bits per heavy atom. The minimum Gasteiger partial charge on any atom is -0.348 e. The molecule has 0 saturated heterocycles. The molecule has 7 heteroatoms. The summed E-state index contributed by atoms with van der Waals surface area (Å²) in [4.78, 5) is 14.8. The predicted molar refractivity (Wildman–Crippen MR) is 92.9 cm³/mol. The van der Waals surface area contributed by atoms with E-state index in [1.807, 2.05) is 33.7 Å². The van der Waals surface area contributed by atoms with E-state index in [0.29, 0.717) is 5.75 Å². The lowest BCUT2D eigenvalue weighted by atomic mass is 10.1. The Bertz CT molecular complexity index is 871. The van der Waals surface area contributed by atoms with Crippen LogP contribution in [0.5, 0.6) is 0 Å². The highest BCUT2D eigenvalue weighted by molar-refractivity contribution is 7.99. The second kappa shape index (κ2) is 6.32. The number of amides is 1. The van der Waals surface area contributed by atoms with Crippen molar-refractivity contribution in [3.8, 4) is 0 Å². The predicted octanol–water partition coefficient (Wildman–Crippen LogP) is 2.62. The van der Waals surface area contributed by atoms with Crippen LogP contribution in [-0.4, -0.2) is 42.3 Å². The van der Waals surface area contributed by atoms with Gasteiger partial charge in [0.1, 0.15) is 0 Å². The summed E-state index contributed by atoms with van der Waals surface area (Å²) in [7, 11) is 0. The lowest BCUT2D eigenvalue weighted by molar-refractivity contribution is -0.132. The van der Waals surface area contributed by atoms with Crippen LogP contribution in [0.4, 0.5) is 0 Å². The van der Waals surface area contributed by atoms with Crippen LogP contribution in [0, 0.1) is 0 Å². The van der Waals surface area contributed by atoms with Crippen LogP contribution in [0.25, 0.3) is 5.65 Å². The summed E-state index contributed by atoms with van der Waals surface area (Å²) in [5.41, 5.74) is 2.03. The molecule has 24 heavy (non-hydrogen) atoms. The SMILES string of the molecule is CCC1c2cccn2CCN1C(=O)CSc1nnc2ccccn12. The number of fused-ring (bicyclic) bond motifs is 2. The van der Waals surface area contributed by atoms with Gasteiger partial charge in [0.2, 0.25) is 5.91 Å². The van der Waals surface area contributed by atoms with Crippen LogP contribution >= 0.6 is 11.8 Å². The minimum absolute atomic E-state index is 0.159. The molecule has 0 aromatic carbocycles. The Balaban J connectivity index is 1.48. The van der Waals surface area contributed by atoms with Gasteiger partial charge in [0, 0.05) is 31.2 Å². The standard InChI is InChI=1S/C17H19N5OS/c1-2-13-14-6-5-8-20(14)10-11-21(13)16(23)12-24-17-19-18-15-7-3-4-9-22(15)17/h3-9,13H,2,10-12H2,1H3. The van der Waals surface area contributed by atoms with Gasteiger partial charge < -0.3 is 9.47 Å². The molecule has 6 nitrogen and oxygen atoms in total. The van der Waals surface area contributed by atoms with Crippen LogP contribution in [0.3, 0.4) is 0 Å². The third kappa shape index (κ3) is 2.58. The fourth-order valence-corrected chi connectivity index (χ4v) is 4.13. The van der Waals surface area contributed by atoms with Crippen molar-refractivity contribution in [3.63, 3.8) is 0 Å². The van der Waals surface area contributed by atoms with Gasteiger partial charge in [-0.3, -0.25) is 9.20 Å². The van der Waals surface area contributed by atoms with E-state index in [4.69, 9.17) is 0 Å². The van der Waals surface area contributed by atoms with Crippen molar-refractivity contribution < 1.29 is 4.79 Å². The molecule has 1 atom stereocenters. The van der Waals surface area contributed by atoms with Crippen LogP contribution in [0.2, 0.25) is 0 Å². The van der Waals surface area contributed by atoms with Gasteiger partial charge in [0.05, 0.1) is 11.8 Å². The first-order valence-electron chi connectivity index (χ1n) is 8.15. The van der Waals surface area contributed by atoms with Crippen LogP contribution in [0.1, 0.15) is 25.1 Å². The van der Waals surface area contributed by atoms with Crippen molar-refractivity contribution in [2.24, 2.45) is 0 Å². The molecule has 4 rings (SSSR count). The second-order valence-corrected chi connectivity index (χ2v) is 6.78. The van der Waals surface area contributed by atoms with Crippen molar-refractivity contribution in [1.82, 2.24) is 24.1 Å². The lowest BCUT2D eigenvalue weighted by Crippen LogP contribution is -2.42. The third-order valence-corrected chi connectivity index (χ3v) is 5.41. The molecular formula is C17H19N5OS. The quantitative estimate of drug-likeness (QED) is 0.685. The Labute approximate surface area is 144 Å². The van der Waals surface area contributed by atoms with E-state index in [-0.39, 0.29) is 11.9 Å². The van der Waals surface area contributed by atoms with Crippen molar-refractivity contribution in [2.75, 3.05) is 12.3 Å². The number of carbonyl (C=O) groups is 1. The molecular weight excluding hydrogens is 322 g/mol. The lowest BCUT2D eigenvalue weighted by Gasteiger charge is -2.36. The van der Waals surface area contributed by atoms with Crippen molar-refractivity contribution in [1.29, 1.82) is 0 Å². The van der Waals surface area contributed by atoms with E-state index in [2.05, 4.69) is 40.0 Å². The Hall–Kier alpha value is -2.28. The summed E-state index contributed by atoms with van der Waals surface area (Å²) in [5, 5.41) is 9.06. The van der Waals surface area contributed by atoms with Crippen LogP contribution in [0.15, 0.2) is 47.9 Å². The van der Waals surface area contributed by atoms with Crippen LogP contribution in [-0.2, 0) is 11.3 Å². The molecule has 1 unspecified atom stereocenters. The Morgan fingerprint density at radius 3 is 3.00 bits per heavy atom. The summed E-state index contributed by atoms with van der Waals surface area (Å²) in [5.74, 6) is 0.541. The first-order valence-corrected chi connectivity index (χ1v) is 9.13. The molecule has 3 aromatic heterocycles. The van der Waals surface area contributed by atoms with E-state index < -0.39 is 0 Å². The maximum absolute atomic E-state index is 12.8. The zero-order valence-corrected chi connectivity index (χ0v) is 14.3. The summed E-state index contributed by atoms with van der Waals surface area (Å²) in [6.45, 7) is 3.76. The molecule has 0 N–H and O–H groups in total. The van der Waals surface area contributed by atoms with Crippen LogP contribution < -0.4 is 0 Å². The number of aromatic nitrogens is 4. The van der Waals surface area contributed by atoms with Gasteiger partial charge >= 0.3 is 0 Å². The molecule has 0 saturated carbocycles. The number of rotatable bonds is 4. The average Bonchev–Trinajstić information content (AvgIpc) is 3.25. The summed E-state index contributed by atoms with van der Waals surface area (Å²) in [6, 6.07) is 10.1. The van der Waals surface area contributed by atoms with Gasteiger partial charge in [-0.2, -0.15) is 0 Å². The third-order valence-electron chi connectivity index (χ3n) is 4.48. The molecule has 0 fully saturated rings. The highest BCUT2D eigenvalue weighted by Gasteiger charge is 2.29. The Morgan fingerprint density at radius 1 is 1.21 bits per heavy atom. The molecule has 0 bridgehead atoms. The van der Waals surface area contributed by atoms with Gasteiger partial charge in [-0.05, 0) is 30.7 Å². The zero-order valence-electron chi connectivity index (χ0n) is 13.5. The van der Waals surface area contributed by atoms with Crippen molar-refractivity contribution >= 4 is 23.3 Å². The smallest absolute Gasteiger partial charge is 0.233 e. The van der Waals surface area contributed by atoms with E-state index >= 15 is 0 Å². The number of hydrogen-bond acceptors (Lipinski definition) is 4. The first kappa shape index (κ1) is 15.3. The normalized spacial score (nSPS) is 17.2. The van der Waals surface area contributed by atoms with E-state index in [1.165, 1.54) is 17.5 Å². The van der Waals surface area contributed by atoms with Crippen molar-refractivity contribution in [3.05, 3.63) is 48.4 Å². The minimum atomic E-state index is 0.159. The molecule has 3 aromatic rings. The summed E-state index contributed by atoms with van der Waals surface area (Å²) >= 11 is 1.45. The fraction of sp³-hybridized carbons (Fsp3) is 0.353. The molecule has 0 radical (unpaired) electrons. The highest BCUT2D eigenvalue weighted by atomic mass is 32.2. The number of pyridine rings is 1. The van der Waals surface area contributed by atoms with Crippen molar-refractivity contribution in [2.45, 2.75) is 31.1 Å². The average molecular weight is 341 g/mol. The van der Waals surface area contributed by atoms with E-state index in [0.717, 1.165) is 30.3 Å². The first-order chi connectivity index (χ1) is 11.8. The largest absolute Gasteiger partial charge is 0.348 e. The maximum atomic E-state index is 12.8. The van der Waals surface area contributed by atoms with Gasteiger partial charge in [0.15, 0.2) is 10.8 Å². The van der Waals surface area contributed by atoms with Gasteiger partial charge in [0.25, 0.3) is 0 Å². The van der Waals surface area contributed by atoms with E-state index in [9.17, 15) is 4.79 Å².